The molecule has 0 saturated carbocycles. The summed E-state index contributed by atoms with van der Waals surface area (Å²) in [7, 11) is 0. The van der Waals surface area contributed by atoms with Gasteiger partial charge in [-0.3, -0.25) is 4.57 Å². The molecule has 2 aromatic rings. The highest BCUT2D eigenvalue weighted by Gasteiger charge is 2.13. The summed E-state index contributed by atoms with van der Waals surface area (Å²) in [6.07, 6.45) is 2.57. The van der Waals surface area contributed by atoms with Crippen LogP contribution in [-0.2, 0) is 0 Å². The van der Waals surface area contributed by atoms with Gasteiger partial charge in [0.1, 0.15) is 24.3 Å². The average Bonchev–Trinajstić information content (AvgIpc) is 2.81. The Balaban J connectivity index is 2.60. The predicted octanol–water partition coefficient (Wildman–Crippen LogP) is 0.709. The van der Waals surface area contributed by atoms with Gasteiger partial charge >= 0.3 is 5.97 Å². The van der Waals surface area contributed by atoms with Gasteiger partial charge < -0.3 is 5.11 Å². The number of rotatable bonds is 2. The van der Waals surface area contributed by atoms with Gasteiger partial charge in [0.05, 0.1) is 5.56 Å². The van der Waals surface area contributed by atoms with Crippen LogP contribution in [0, 0.1) is 22.7 Å². The maximum Gasteiger partial charge on any atom is 0.335 e. The van der Waals surface area contributed by atoms with E-state index in [4.69, 9.17) is 15.6 Å². The third-order valence-electron chi connectivity index (χ3n) is 2.22. The molecule has 0 spiro atoms. The summed E-state index contributed by atoms with van der Waals surface area (Å²) < 4.78 is 1.27. The lowest BCUT2D eigenvalue weighted by molar-refractivity contribution is 0.0696. The van der Waals surface area contributed by atoms with E-state index < -0.39 is 5.97 Å². The molecular formula is C11H5N5O2. The zero-order chi connectivity index (χ0) is 13.1. The molecule has 0 aliphatic heterocycles. The normalized spacial score (nSPS) is 9.44. The number of aromatic nitrogens is 3. The number of hydrogen-bond donors (Lipinski definition) is 1. The van der Waals surface area contributed by atoms with E-state index >= 15 is 0 Å². The molecule has 2 rings (SSSR count). The van der Waals surface area contributed by atoms with E-state index in [0.717, 1.165) is 0 Å². The molecule has 7 nitrogen and oxygen atoms in total. The van der Waals surface area contributed by atoms with Crippen LogP contribution >= 0.6 is 0 Å². The van der Waals surface area contributed by atoms with E-state index in [-0.39, 0.29) is 22.8 Å². The van der Waals surface area contributed by atoms with Gasteiger partial charge in [-0.1, -0.05) is 0 Å². The summed E-state index contributed by atoms with van der Waals surface area (Å²) in [4.78, 5) is 18.5. The second kappa shape index (κ2) is 4.36. The lowest BCUT2D eigenvalue weighted by atomic mass is 10.2. The van der Waals surface area contributed by atoms with Crippen LogP contribution in [-0.4, -0.2) is 25.6 Å². The van der Waals surface area contributed by atoms with Crippen molar-refractivity contribution in [2.75, 3.05) is 0 Å². The fraction of sp³-hybridized carbons (Fsp3) is 0. The molecule has 0 aliphatic carbocycles. The van der Waals surface area contributed by atoms with E-state index in [0.29, 0.717) is 0 Å². The third kappa shape index (κ3) is 1.77. The van der Waals surface area contributed by atoms with Crippen LogP contribution in [0.2, 0.25) is 0 Å². The number of pyridine rings is 1. The molecule has 1 N–H and O–H groups in total. The van der Waals surface area contributed by atoms with Crippen molar-refractivity contribution in [2.24, 2.45) is 0 Å². The summed E-state index contributed by atoms with van der Waals surface area (Å²) in [5, 5.41) is 26.6. The Hall–Kier alpha value is -3.19. The van der Waals surface area contributed by atoms with Crippen LogP contribution in [0.15, 0.2) is 24.7 Å². The fourth-order valence-corrected chi connectivity index (χ4v) is 1.39. The van der Waals surface area contributed by atoms with Crippen molar-refractivity contribution in [3.8, 4) is 18.0 Å². The van der Waals surface area contributed by atoms with E-state index in [2.05, 4.69) is 9.97 Å². The maximum absolute atomic E-state index is 10.8. The first-order valence-corrected chi connectivity index (χ1v) is 4.74. The van der Waals surface area contributed by atoms with Gasteiger partial charge in [-0.25, -0.2) is 14.8 Å². The van der Waals surface area contributed by atoms with Crippen molar-refractivity contribution in [3.63, 3.8) is 0 Å². The molecule has 18 heavy (non-hydrogen) atoms. The zero-order valence-electron chi connectivity index (χ0n) is 8.90. The smallest absolute Gasteiger partial charge is 0.335 e. The fourth-order valence-electron chi connectivity index (χ4n) is 1.39. The number of carboxylic acids is 1. The summed E-state index contributed by atoms with van der Waals surface area (Å²) in [5.41, 5.74) is 0.0312. The van der Waals surface area contributed by atoms with Gasteiger partial charge in [-0.15, -0.1) is 0 Å². The number of imidazole rings is 1. The van der Waals surface area contributed by atoms with E-state index in [1.807, 2.05) is 6.07 Å². The number of hydrogen-bond acceptors (Lipinski definition) is 5. The topological polar surface area (TPSA) is 116 Å². The molecule has 0 saturated heterocycles. The quantitative estimate of drug-likeness (QED) is 0.824. The molecule has 0 fully saturated rings. The van der Waals surface area contributed by atoms with Crippen LogP contribution in [0.4, 0.5) is 0 Å². The van der Waals surface area contributed by atoms with Crippen molar-refractivity contribution in [3.05, 3.63) is 41.6 Å². The molecule has 7 heteroatoms. The monoisotopic (exact) mass is 239 g/mol. The predicted molar refractivity (Wildman–Crippen MR) is 57.7 cm³/mol. The van der Waals surface area contributed by atoms with Gasteiger partial charge in [-0.05, 0) is 12.1 Å². The summed E-state index contributed by atoms with van der Waals surface area (Å²) in [6, 6.07) is 6.24. The van der Waals surface area contributed by atoms with Crippen LogP contribution < -0.4 is 0 Å². The first-order valence-electron chi connectivity index (χ1n) is 4.74. The van der Waals surface area contributed by atoms with Gasteiger partial charge in [0.15, 0.2) is 11.4 Å². The summed E-state index contributed by atoms with van der Waals surface area (Å²) >= 11 is 0. The number of nitriles is 2. The highest BCUT2D eigenvalue weighted by Crippen LogP contribution is 2.13. The van der Waals surface area contributed by atoms with Crippen molar-refractivity contribution < 1.29 is 9.90 Å². The minimum Gasteiger partial charge on any atom is -0.478 e. The van der Waals surface area contributed by atoms with Crippen LogP contribution in [0.1, 0.15) is 21.7 Å². The number of carboxylic acid groups (broad SMARTS) is 1. The van der Waals surface area contributed by atoms with Crippen LogP contribution in [0.5, 0.6) is 0 Å². The standard InChI is InChI=1S/C11H5N5O2/c12-4-8-9(5-13)16(6-15-8)10-3-7(11(17)18)1-2-14-10/h1-3,6H,(H,17,18). The second-order valence-electron chi connectivity index (χ2n) is 3.24. The molecule has 2 aromatic heterocycles. The van der Waals surface area contributed by atoms with Crippen LogP contribution in [0.25, 0.3) is 5.82 Å². The molecule has 0 bridgehead atoms. The number of nitrogens with zero attached hydrogens (tertiary/aromatic N) is 5. The Morgan fingerprint density at radius 1 is 1.33 bits per heavy atom. The molecule has 0 radical (unpaired) electrons. The lowest BCUT2D eigenvalue weighted by Gasteiger charge is -2.03. The average molecular weight is 239 g/mol. The zero-order valence-corrected chi connectivity index (χ0v) is 8.90. The molecule has 86 valence electrons. The highest BCUT2D eigenvalue weighted by molar-refractivity contribution is 5.87. The Kier molecular flexibility index (Phi) is 2.73. The largest absolute Gasteiger partial charge is 0.478 e. The Morgan fingerprint density at radius 3 is 2.72 bits per heavy atom. The highest BCUT2D eigenvalue weighted by atomic mass is 16.4. The van der Waals surface area contributed by atoms with Crippen molar-refractivity contribution in [1.29, 1.82) is 10.5 Å². The minimum absolute atomic E-state index is 0.0209. The van der Waals surface area contributed by atoms with E-state index in [1.165, 1.54) is 29.2 Å². The Labute approximate surface area is 101 Å². The summed E-state index contributed by atoms with van der Waals surface area (Å²) in [6.45, 7) is 0. The van der Waals surface area contributed by atoms with Gasteiger partial charge in [0.2, 0.25) is 0 Å². The van der Waals surface area contributed by atoms with E-state index in [1.54, 1.807) is 6.07 Å². The molecule has 2 heterocycles. The third-order valence-corrected chi connectivity index (χ3v) is 2.22. The number of carbonyl (C=O) groups is 1. The molecule has 0 unspecified atom stereocenters. The SMILES string of the molecule is N#Cc1ncn(-c2cc(C(=O)O)ccn2)c1C#N. The molecule has 0 atom stereocenters. The maximum atomic E-state index is 10.8. The van der Waals surface area contributed by atoms with Crippen molar-refractivity contribution in [2.45, 2.75) is 0 Å². The lowest BCUT2D eigenvalue weighted by Crippen LogP contribution is -2.03. The first-order chi connectivity index (χ1) is 8.67. The van der Waals surface area contributed by atoms with Crippen LogP contribution in [0.3, 0.4) is 0 Å². The Morgan fingerprint density at radius 2 is 2.11 bits per heavy atom. The van der Waals surface area contributed by atoms with Gasteiger partial charge in [0, 0.05) is 6.20 Å². The Bertz CT molecular complexity index is 705. The molecule has 0 aliphatic rings. The second-order valence-corrected chi connectivity index (χ2v) is 3.24. The van der Waals surface area contributed by atoms with E-state index in [9.17, 15) is 4.79 Å². The molecule has 0 aromatic carbocycles. The van der Waals surface area contributed by atoms with Gasteiger partial charge in [0.25, 0.3) is 0 Å². The van der Waals surface area contributed by atoms with Crippen molar-refractivity contribution >= 4 is 5.97 Å². The molecular weight excluding hydrogens is 234 g/mol. The minimum atomic E-state index is -1.10. The van der Waals surface area contributed by atoms with Gasteiger partial charge in [-0.2, -0.15) is 10.5 Å². The first kappa shape index (κ1) is 11.3. The van der Waals surface area contributed by atoms with Crippen molar-refractivity contribution in [1.82, 2.24) is 14.5 Å². The number of aromatic carboxylic acids is 1. The summed E-state index contributed by atoms with van der Waals surface area (Å²) in [5.74, 6) is -0.877. The molecule has 0 amide bonds.